The number of epoxide rings is 1. The number of hydrogen-bond acceptors (Lipinski definition) is 2. The highest BCUT2D eigenvalue weighted by molar-refractivity contribution is 5.57. The highest BCUT2D eigenvalue weighted by Crippen LogP contribution is 2.33. The fraction of sp³-hybridized carbons (Fsp3) is 0.167. The molecule has 0 radical (unpaired) electrons. The Balaban J connectivity index is 1.93. The molecule has 2 nitrogen and oxygen atoms in total. The van der Waals surface area contributed by atoms with Gasteiger partial charge < -0.3 is 9.15 Å². The highest BCUT2D eigenvalue weighted by Gasteiger charge is 2.28. The molecule has 0 aliphatic carbocycles. The second-order valence-electron chi connectivity index (χ2n) is 3.53. The molecule has 1 unspecified atom stereocenters. The minimum atomic E-state index is -0.240. The van der Waals surface area contributed by atoms with Crippen molar-refractivity contribution < 1.29 is 13.5 Å². The monoisotopic (exact) mass is 204 g/mol. The number of benzene rings is 1. The van der Waals surface area contributed by atoms with Gasteiger partial charge in [-0.3, -0.25) is 0 Å². The summed E-state index contributed by atoms with van der Waals surface area (Å²) in [4.78, 5) is 0. The van der Waals surface area contributed by atoms with Gasteiger partial charge in [-0.2, -0.15) is 0 Å². The standard InChI is InChI=1S/C12H9FO2/c13-9-3-1-8(2-4-9)10-5-6-11(15-10)12-7-14-12/h1-6,12H,7H2. The van der Waals surface area contributed by atoms with Crippen LogP contribution in [0, 0.1) is 5.82 Å². The Morgan fingerprint density at radius 3 is 2.47 bits per heavy atom. The quantitative estimate of drug-likeness (QED) is 0.702. The van der Waals surface area contributed by atoms with Crippen LogP contribution in [0.2, 0.25) is 0 Å². The first kappa shape index (κ1) is 8.68. The van der Waals surface area contributed by atoms with Gasteiger partial charge in [-0.25, -0.2) is 4.39 Å². The first-order valence-corrected chi connectivity index (χ1v) is 4.80. The molecule has 15 heavy (non-hydrogen) atoms. The van der Waals surface area contributed by atoms with Gasteiger partial charge in [0.2, 0.25) is 0 Å². The van der Waals surface area contributed by atoms with Gasteiger partial charge in [0.15, 0.2) is 0 Å². The summed E-state index contributed by atoms with van der Waals surface area (Å²) in [5.74, 6) is 1.35. The lowest BCUT2D eigenvalue weighted by atomic mass is 10.2. The number of rotatable bonds is 2. The van der Waals surface area contributed by atoms with E-state index in [0.717, 1.165) is 23.7 Å². The van der Waals surface area contributed by atoms with Crippen molar-refractivity contribution in [3.63, 3.8) is 0 Å². The molecule has 1 aromatic carbocycles. The fourth-order valence-corrected chi connectivity index (χ4v) is 1.51. The van der Waals surface area contributed by atoms with Gasteiger partial charge in [-0.1, -0.05) is 0 Å². The summed E-state index contributed by atoms with van der Waals surface area (Å²) in [6.45, 7) is 0.733. The van der Waals surface area contributed by atoms with Crippen LogP contribution in [0.4, 0.5) is 4.39 Å². The number of hydrogen-bond donors (Lipinski definition) is 0. The van der Waals surface area contributed by atoms with Gasteiger partial charge in [-0.05, 0) is 36.4 Å². The van der Waals surface area contributed by atoms with Crippen LogP contribution in [0.3, 0.4) is 0 Å². The SMILES string of the molecule is Fc1ccc(-c2ccc(C3CO3)o2)cc1. The van der Waals surface area contributed by atoms with Crippen LogP contribution in [-0.4, -0.2) is 6.61 Å². The van der Waals surface area contributed by atoms with Gasteiger partial charge in [0, 0.05) is 5.56 Å². The molecule has 0 spiro atoms. The molecule has 0 bridgehead atoms. The summed E-state index contributed by atoms with van der Waals surface area (Å²) in [7, 11) is 0. The molecule has 0 amide bonds. The maximum Gasteiger partial charge on any atom is 0.139 e. The van der Waals surface area contributed by atoms with E-state index < -0.39 is 0 Å². The lowest BCUT2D eigenvalue weighted by Gasteiger charge is -1.95. The van der Waals surface area contributed by atoms with Crippen molar-refractivity contribution in [2.45, 2.75) is 6.10 Å². The highest BCUT2D eigenvalue weighted by atomic mass is 19.1. The molecule has 1 atom stereocenters. The second-order valence-corrected chi connectivity index (χ2v) is 3.53. The Labute approximate surface area is 86.3 Å². The molecule has 2 aromatic rings. The van der Waals surface area contributed by atoms with Crippen LogP contribution in [0.25, 0.3) is 11.3 Å². The van der Waals surface area contributed by atoms with E-state index in [2.05, 4.69) is 0 Å². The molecular weight excluding hydrogens is 195 g/mol. The van der Waals surface area contributed by atoms with Crippen LogP contribution < -0.4 is 0 Å². The van der Waals surface area contributed by atoms with Crippen molar-refractivity contribution >= 4 is 0 Å². The molecule has 1 aromatic heterocycles. The van der Waals surface area contributed by atoms with E-state index in [1.54, 1.807) is 12.1 Å². The Kier molecular flexibility index (Phi) is 1.86. The topological polar surface area (TPSA) is 25.7 Å². The normalized spacial score (nSPS) is 19.1. The van der Waals surface area contributed by atoms with E-state index in [1.165, 1.54) is 12.1 Å². The van der Waals surface area contributed by atoms with E-state index in [0.29, 0.717) is 0 Å². The van der Waals surface area contributed by atoms with Crippen molar-refractivity contribution in [2.75, 3.05) is 6.61 Å². The van der Waals surface area contributed by atoms with Gasteiger partial charge in [0.1, 0.15) is 23.4 Å². The molecule has 76 valence electrons. The lowest BCUT2D eigenvalue weighted by molar-refractivity contribution is 0.373. The molecule has 3 rings (SSSR count). The summed E-state index contributed by atoms with van der Waals surface area (Å²) in [6.07, 6.45) is 0.124. The third-order valence-corrected chi connectivity index (χ3v) is 2.41. The Hall–Kier alpha value is -1.61. The molecule has 1 aliphatic rings. The number of furan rings is 1. The smallest absolute Gasteiger partial charge is 0.139 e. The zero-order chi connectivity index (χ0) is 10.3. The summed E-state index contributed by atoms with van der Waals surface area (Å²) in [5, 5.41) is 0. The van der Waals surface area contributed by atoms with Crippen molar-refractivity contribution in [1.29, 1.82) is 0 Å². The summed E-state index contributed by atoms with van der Waals surface area (Å²) in [5.41, 5.74) is 0.878. The maximum absolute atomic E-state index is 12.7. The Morgan fingerprint density at radius 2 is 1.80 bits per heavy atom. The predicted octanol–water partition coefficient (Wildman–Crippen LogP) is 3.16. The average Bonchev–Trinajstić information content (AvgIpc) is 2.99. The summed E-state index contributed by atoms with van der Waals surface area (Å²) >= 11 is 0. The third kappa shape index (κ3) is 1.66. The van der Waals surface area contributed by atoms with Crippen molar-refractivity contribution in [3.8, 4) is 11.3 Å². The van der Waals surface area contributed by atoms with Crippen molar-refractivity contribution in [3.05, 3.63) is 48.0 Å². The van der Waals surface area contributed by atoms with Gasteiger partial charge in [-0.15, -0.1) is 0 Å². The van der Waals surface area contributed by atoms with Gasteiger partial charge >= 0.3 is 0 Å². The van der Waals surface area contributed by atoms with Crippen LogP contribution in [0.1, 0.15) is 11.9 Å². The van der Waals surface area contributed by atoms with Crippen LogP contribution in [-0.2, 0) is 4.74 Å². The second kappa shape index (κ2) is 3.21. The zero-order valence-electron chi connectivity index (χ0n) is 7.94. The minimum Gasteiger partial charge on any atom is -0.458 e. The van der Waals surface area contributed by atoms with E-state index in [9.17, 15) is 4.39 Å². The molecule has 1 aliphatic heterocycles. The first-order chi connectivity index (χ1) is 7.33. The molecule has 2 heterocycles. The molecule has 0 saturated carbocycles. The lowest BCUT2D eigenvalue weighted by Crippen LogP contribution is -1.76. The van der Waals surface area contributed by atoms with E-state index in [1.807, 2.05) is 12.1 Å². The third-order valence-electron chi connectivity index (χ3n) is 2.41. The first-order valence-electron chi connectivity index (χ1n) is 4.80. The minimum absolute atomic E-state index is 0.124. The van der Waals surface area contributed by atoms with E-state index in [4.69, 9.17) is 9.15 Å². The number of ether oxygens (including phenoxy) is 1. The van der Waals surface area contributed by atoms with E-state index in [-0.39, 0.29) is 11.9 Å². The zero-order valence-corrected chi connectivity index (χ0v) is 7.94. The molecule has 1 fully saturated rings. The van der Waals surface area contributed by atoms with E-state index >= 15 is 0 Å². The Bertz CT molecular complexity index is 469. The van der Waals surface area contributed by atoms with Crippen LogP contribution in [0.5, 0.6) is 0 Å². The Morgan fingerprint density at radius 1 is 1.07 bits per heavy atom. The van der Waals surface area contributed by atoms with Crippen LogP contribution in [0.15, 0.2) is 40.8 Å². The summed E-state index contributed by atoms with van der Waals surface area (Å²) in [6, 6.07) is 10.0. The van der Waals surface area contributed by atoms with Crippen molar-refractivity contribution in [2.24, 2.45) is 0 Å². The molecule has 1 saturated heterocycles. The van der Waals surface area contributed by atoms with Crippen molar-refractivity contribution in [1.82, 2.24) is 0 Å². The number of halogens is 1. The molecule has 0 N–H and O–H groups in total. The van der Waals surface area contributed by atoms with Gasteiger partial charge in [0.25, 0.3) is 0 Å². The summed E-state index contributed by atoms with van der Waals surface area (Å²) < 4.78 is 23.4. The molecular formula is C12H9FO2. The fourth-order valence-electron chi connectivity index (χ4n) is 1.51. The van der Waals surface area contributed by atoms with Gasteiger partial charge in [0.05, 0.1) is 6.61 Å². The predicted molar refractivity (Wildman–Crippen MR) is 52.8 cm³/mol. The molecule has 3 heteroatoms. The maximum atomic E-state index is 12.7. The van der Waals surface area contributed by atoms with Crippen LogP contribution >= 0.6 is 0 Å². The largest absolute Gasteiger partial charge is 0.458 e. The average molecular weight is 204 g/mol.